The van der Waals surface area contributed by atoms with Crippen LogP contribution < -0.4 is 5.69 Å². The topological polar surface area (TPSA) is 50.3 Å². The Morgan fingerprint density at radius 1 is 1.07 bits per heavy atom. The van der Waals surface area contributed by atoms with Crippen LogP contribution in [0, 0.1) is 6.92 Å². The quantitative estimate of drug-likeness (QED) is 0.877. The van der Waals surface area contributed by atoms with E-state index in [0.717, 1.165) is 43.6 Å². The van der Waals surface area contributed by atoms with Crippen LogP contribution in [0.15, 0.2) is 23.0 Å². The van der Waals surface area contributed by atoms with Gasteiger partial charge in [0, 0.05) is 31.8 Å². The first-order valence-electron chi connectivity index (χ1n) is 10.7. The van der Waals surface area contributed by atoms with E-state index < -0.39 is 0 Å². The van der Waals surface area contributed by atoms with E-state index in [4.69, 9.17) is 4.74 Å². The number of aromatic nitrogens is 2. The Balaban J connectivity index is 1.25. The minimum Gasteiger partial charge on any atom is -0.375 e. The van der Waals surface area contributed by atoms with Crippen molar-refractivity contribution >= 4 is 11.0 Å². The zero-order valence-corrected chi connectivity index (χ0v) is 16.4. The molecule has 0 unspecified atom stereocenters. The standard InChI is InChI=1S/C22H31N3O2/c1-16-3-4-19-20(15-16)25(21(26)23-19)18-7-12-24(13-8-18)17-5-10-22(11-6-17)9-2-14-27-22/h3-4,15,17-18H,2,5-14H2,1H3,(H,23,26). The lowest BCUT2D eigenvalue weighted by molar-refractivity contribution is -0.0451. The molecule has 3 heterocycles. The van der Waals surface area contributed by atoms with Crippen LogP contribution in [0.3, 0.4) is 0 Å². The van der Waals surface area contributed by atoms with Crippen LogP contribution >= 0.6 is 0 Å². The van der Waals surface area contributed by atoms with Gasteiger partial charge in [0.2, 0.25) is 0 Å². The molecule has 5 heteroatoms. The Hall–Kier alpha value is -1.59. The van der Waals surface area contributed by atoms with Crippen molar-refractivity contribution in [3.63, 3.8) is 0 Å². The summed E-state index contributed by atoms with van der Waals surface area (Å²) in [6, 6.07) is 7.26. The lowest BCUT2D eigenvalue weighted by Gasteiger charge is -2.43. The van der Waals surface area contributed by atoms with Gasteiger partial charge in [-0.15, -0.1) is 0 Å². The number of benzene rings is 1. The molecule has 5 nitrogen and oxygen atoms in total. The second kappa shape index (κ2) is 6.78. The molecule has 27 heavy (non-hydrogen) atoms. The van der Waals surface area contributed by atoms with Gasteiger partial charge in [-0.25, -0.2) is 4.79 Å². The van der Waals surface area contributed by atoms with Crippen LogP contribution in [0.25, 0.3) is 11.0 Å². The second-order valence-corrected chi connectivity index (χ2v) is 8.95. The van der Waals surface area contributed by atoms with Gasteiger partial charge in [0.1, 0.15) is 0 Å². The number of piperidine rings is 1. The first kappa shape index (κ1) is 17.5. The highest BCUT2D eigenvalue weighted by Gasteiger charge is 2.40. The van der Waals surface area contributed by atoms with Crippen LogP contribution in [-0.4, -0.2) is 45.8 Å². The van der Waals surface area contributed by atoms with Gasteiger partial charge in [0.25, 0.3) is 0 Å². The summed E-state index contributed by atoms with van der Waals surface area (Å²) in [5.41, 5.74) is 3.51. The van der Waals surface area contributed by atoms with Crippen molar-refractivity contribution in [1.82, 2.24) is 14.5 Å². The van der Waals surface area contributed by atoms with Crippen molar-refractivity contribution in [1.29, 1.82) is 0 Å². The molecular weight excluding hydrogens is 338 g/mol. The summed E-state index contributed by atoms with van der Waals surface area (Å²) < 4.78 is 8.10. The molecule has 1 saturated carbocycles. The van der Waals surface area contributed by atoms with Gasteiger partial charge >= 0.3 is 5.69 Å². The lowest BCUT2D eigenvalue weighted by atomic mass is 9.79. The minimum absolute atomic E-state index is 0.0482. The molecular formula is C22H31N3O2. The number of fused-ring (bicyclic) bond motifs is 1. The van der Waals surface area contributed by atoms with Crippen LogP contribution in [0.4, 0.5) is 0 Å². The molecule has 2 aromatic rings. The summed E-state index contributed by atoms with van der Waals surface area (Å²) in [7, 11) is 0. The van der Waals surface area contributed by atoms with E-state index in [0.29, 0.717) is 12.1 Å². The number of rotatable bonds is 2. The lowest BCUT2D eigenvalue weighted by Crippen LogP contribution is -2.47. The van der Waals surface area contributed by atoms with Crippen LogP contribution in [-0.2, 0) is 4.74 Å². The van der Waals surface area contributed by atoms with E-state index >= 15 is 0 Å². The SMILES string of the molecule is Cc1ccc2[nH]c(=O)n(C3CCN(C4CCC5(CCCO5)CC4)CC3)c2c1. The molecule has 0 bridgehead atoms. The highest BCUT2D eigenvalue weighted by atomic mass is 16.5. The van der Waals surface area contributed by atoms with Gasteiger partial charge in [0.15, 0.2) is 0 Å². The van der Waals surface area contributed by atoms with Gasteiger partial charge in [0.05, 0.1) is 16.6 Å². The smallest absolute Gasteiger partial charge is 0.326 e. The van der Waals surface area contributed by atoms with Crippen LogP contribution in [0.2, 0.25) is 0 Å². The van der Waals surface area contributed by atoms with Crippen LogP contribution in [0.1, 0.15) is 63.0 Å². The van der Waals surface area contributed by atoms with Gasteiger partial charge in [-0.1, -0.05) is 6.07 Å². The largest absolute Gasteiger partial charge is 0.375 e. The van der Waals surface area contributed by atoms with Crippen molar-refractivity contribution in [2.24, 2.45) is 0 Å². The molecule has 0 radical (unpaired) electrons. The molecule has 2 aliphatic heterocycles. The first-order chi connectivity index (χ1) is 13.1. The summed E-state index contributed by atoms with van der Waals surface area (Å²) >= 11 is 0. The second-order valence-electron chi connectivity index (χ2n) is 8.95. The number of nitrogens with one attached hydrogen (secondary N) is 1. The number of H-pyrrole nitrogens is 1. The molecule has 1 aromatic heterocycles. The zero-order valence-electron chi connectivity index (χ0n) is 16.4. The molecule has 1 N–H and O–H groups in total. The Morgan fingerprint density at radius 2 is 1.85 bits per heavy atom. The average molecular weight is 370 g/mol. The molecule has 0 amide bonds. The number of hydrogen-bond acceptors (Lipinski definition) is 3. The maximum absolute atomic E-state index is 12.6. The highest BCUT2D eigenvalue weighted by molar-refractivity contribution is 5.76. The van der Waals surface area contributed by atoms with E-state index in [1.54, 1.807) is 0 Å². The van der Waals surface area contributed by atoms with Gasteiger partial charge < -0.3 is 14.6 Å². The first-order valence-corrected chi connectivity index (χ1v) is 10.7. The number of nitrogens with zero attached hydrogens (tertiary/aromatic N) is 2. The number of ether oxygens (including phenoxy) is 1. The molecule has 1 aliphatic carbocycles. The number of likely N-dealkylation sites (tertiary alicyclic amines) is 1. The summed E-state index contributed by atoms with van der Waals surface area (Å²) in [5, 5.41) is 0. The normalized spacial score (nSPS) is 30.5. The molecule has 5 rings (SSSR count). The van der Waals surface area contributed by atoms with Crippen molar-refractivity contribution in [3.8, 4) is 0 Å². The monoisotopic (exact) mass is 369 g/mol. The molecule has 1 aromatic carbocycles. The fourth-order valence-corrected chi connectivity index (χ4v) is 5.75. The number of aromatic amines is 1. The third kappa shape index (κ3) is 3.15. The number of imidazole rings is 1. The zero-order chi connectivity index (χ0) is 18.4. The predicted octanol–water partition coefficient (Wildman–Crippen LogP) is 3.77. The predicted molar refractivity (Wildman–Crippen MR) is 107 cm³/mol. The molecule has 2 saturated heterocycles. The van der Waals surface area contributed by atoms with Gasteiger partial charge in [-0.3, -0.25) is 4.57 Å². The van der Waals surface area contributed by atoms with Gasteiger partial charge in [-0.05, 0) is 76.0 Å². The Kier molecular flexibility index (Phi) is 4.40. The summed E-state index contributed by atoms with van der Waals surface area (Å²) in [6.45, 7) is 5.27. The van der Waals surface area contributed by atoms with Crippen molar-refractivity contribution < 1.29 is 4.74 Å². The molecule has 146 valence electrons. The van der Waals surface area contributed by atoms with Crippen molar-refractivity contribution in [3.05, 3.63) is 34.2 Å². The van der Waals surface area contributed by atoms with Crippen LogP contribution in [0.5, 0.6) is 0 Å². The van der Waals surface area contributed by atoms with Crippen molar-refractivity contribution in [2.75, 3.05) is 19.7 Å². The van der Waals surface area contributed by atoms with E-state index in [2.05, 4.69) is 28.9 Å². The van der Waals surface area contributed by atoms with E-state index in [1.165, 1.54) is 44.1 Å². The fourth-order valence-electron chi connectivity index (χ4n) is 5.75. The maximum atomic E-state index is 12.6. The Morgan fingerprint density at radius 3 is 2.56 bits per heavy atom. The fraction of sp³-hybridized carbons (Fsp3) is 0.682. The van der Waals surface area contributed by atoms with E-state index in [1.807, 2.05) is 10.6 Å². The van der Waals surface area contributed by atoms with Crippen molar-refractivity contribution in [2.45, 2.75) is 76.0 Å². The Bertz CT molecular complexity index is 859. The highest BCUT2D eigenvalue weighted by Crippen LogP contribution is 2.41. The summed E-state index contributed by atoms with van der Waals surface area (Å²) in [4.78, 5) is 18.3. The molecule has 3 aliphatic rings. The summed E-state index contributed by atoms with van der Waals surface area (Å²) in [5.74, 6) is 0. The average Bonchev–Trinajstić information content (AvgIpc) is 3.26. The Labute approximate surface area is 160 Å². The molecule has 1 spiro atoms. The van der Waals surface area contributed by atoms with E-state index in [-0.39, 0.29) is 11.3 Å². The molecule has 3 fully saturated rings. The van der Waals surface area contributed by atoms with E-state index in [9.17, 15) is 4.79 Å². The van der Waals surface area contributed by atoms with Gasteiger partial charge in [-0.2, -0.15) is 0 Å². The minimum atomic E-state index is 0.0482. The number of aryl methyl sites for hydroxylation is 1. The summed E-state index contributed by atoms with van der Waals surface area (Å²) in [6.07, 6.45) is 9.67. The third-order valence-electron chi connectivity index (χ3n) is 7.31. The maximum Gasteiger partial charge on any atom is 0.326 e. The number of hydrogen-bond donors (Lipinski definition) is 1. The third-order valence-corrected chi connectivity index (χ3v) is 7.31. The molecule has 0 atom stereocenters.